The predicted octanol–water partition coefficient (Wildman–Crippen LogP) is 1.81. The van der Waals surface area contributed by atoms with Gasteiger partial charge in [0, 0.05) is 18.3 Å². The molecule has 0 aliphatic heterocycles. The number of aromatic nitrogens is 2. The Balaban J connectivity index is 3.01. The number of halogens is 3. The van der Waals surface area contributed by atoms with E-state index in [2.05, 4.69) is 5.10 Å². The fourth-order valence-electron chi connectivity index (χ4n) is 1.14. The highest BCUT2D eigenvalue weighted by Crippen LogP contribution is 2.33. The van der Waals surface area contributed by atoms with Crippen LogP contribution in [0.15, 0.2) is 6.20 Å². The van der Waals surface area contributed by atoms with Crippen molar-refractivity contribution >= 4 is 0 Å². The van der Waals surface area contributed by atoms with Crippen molar-refractivity contribution in [2.75, 3.05) is 0 Å². The summed E-state index contributed by atoms with van der Waals surface area (Å²) in [6.07, 6.45) is -5.86. The maximum absolute atomic E-state index is 12.1. The van der Waals surface area contributed by atoms with Gasteiger partial charge >= 0.3 is 6.18 Å². The second kappa shape index (κ2) is 3.61. The number of alkyl halides is 3. The predicted molar refractivity (Wildman–Crippen MR) is 43.7 cm³/mol. The maximum atomic E-state index is 12.1. The summed E-state index contributed by atoms with van der Waals surface area (Å²) in [4.78, 5) is 0. The molecule has 0 spiro atoms. The molecule has 0 amide bonds. The average molecular weight is 208 g/mol. The Bertz CT molecular complexity index is 319. The molecule has 0 aliphatic carbocycles. The number of aliphatic hydroxyl groups is 1. The fraction of sp³-hybridized carbons (Fsp3) is 0.625. The van der Waals surface area contributed by atoms with Gasteiger partial charge in [0.15, 0.2) is 6.10 Å². The number of aliphatic hydroxyl groups excluding tert-OH is 1. The van der Waals surface area contributed by atoms with Gasteiger partial charge in [-0.3, -0.25) is 4.68 Å². The van der Waals surface area contributed by atoms with Crippen LogP contribution in [0.3, 0.4) is 0 Å². The van der Waals surface area contributed by atoms with E-state index in [0.29, 0.717) is 6.54 Å². The summed E-state index contributed by atoms with van der Waals surface area (Å²) < 4.78 is 37.8. The topological polar surface area (TPSA) is 38.0 Å². The first-order valence-corrected chi connectivity index (χ1v) is 4.15. The summed E-state index contributed by atoms with van der Waals surface area (Å²) in [5.41, 5.74) is 0.0241. The van der Waals surface area contributed by atoms with E-state index in [0.717, 1.165) is 0 Å². The van der Waals surface area contributed by atoms with Gasteiger partial charge in [-0.05, 0) is 13.8 Å². The third kappa shape index (κ3) is 2.06. The highest BCUT2D eigenvalue weighted by atomic mass is 19.4. The molecule has 14 heavy (non-hydrogen) atoms. The van der Waals surface area contributed by atoms with Crippen LogP contribution in [0.4, 0.5) is 13.2 Å². The lowest BCUT2D eigenvalue weighted by Crippen LogP contribution is -2.20. The van der Waals surface area contributed by atoms with Gasteiger partial charge in [0.1, 0.15) is 0 Å². The molecule has 0 radical (unpaired) electrons. The van der Waals surface area contributed by atoms with Crippen LogP contribution in [0.1, 0.15) is 24.3 Å². The first-order valence-electron chi connectivity index (χ1n) is 4.15. The molecule has 80 valence electrons. The third-order valence-electron chi connectivity index (χ3n) is 1.91. The smallest absolute Gasteiger partial charge is 0.379 e. The standard InChI is InChI=1S/C8H11F3N2O/c1-3-13-4-6(5(2)12-13)7(14)8(9,10)11/h4,7,14H,3H2,1-2H3. The van der Waals surface area contributed by atoms with Crippen molar-refractivity contribution in [1.29, 1.82) is 0 Å². The van der Waals surface area contributed by atoms with Crippen molar-refractivity contribution in [3.63, 3.8) is 0 Å². The Morgan fingerprint density at radius 2 is 2.14 bits per heavy atom. The lowest BCUT2D eigenvalue weighted by atomic mass is 10.1. The molecule has 3 nitrogen and oxygen atoms in total. The summed E-state index contributed by atoms with van der Waals surface area (Å²) in [7, 11) is 0. The Morgan fingerprint density at radius 1 is 1.57 bits per heavy atom. The van der Waals surface area contributed by atoms with Crippen molar-refractivity contribution in [1.82, 2.24) is 9.78 Å². The molecule has 1 aromatic heterocycles. The van der Waals surface area contributed by atoms with Crippen LogP contribution in [0.5, 0.6) is 0 Å². The van der Waals surface area contributed by atoms with Crippen molar-refractivity contribution in [2.45, 2.75) is 32.7 Å². The molecular formula is C8H11F3N2O. The molecule has 0 saturated heterocycles. The van der Waals surface area contributed by atoms with Gasteiger partial charge < -0.3 is 5.11 Å². The molecule has 1 rings (SSSR count). The Labute approximate surface area is 79.2 Å². The molecular weight excluding hydrogens is 197 g/mol. The largest absolute Gasteiger partial charge is 0.418 e. The van der Waals surface area contributed by atoms with E-state index in [1.807, 2.05) is 0 Å². The maximum Gasteiger partial charge on any atom is 0.418 e. The lowest BCUT2D eigenvalue weighted by molar-refractivity contribution is -0.207. The average Bonchev–Trinajstić information content (AvgIpc) is 2.43. The molecule has 0 fully saturated rings. The van der Waals surface area contributed by atoms with Gasteiger partial charge in [-0.25, -0.2) is 0 Å². The van der Waals surface area contributed by atoms with Crippen LogP contribution in [0.25, 0.3) is 0 Å². The number of hydrogen-bond acceptors (Lipinski definition) is 2. The minimum absolute atomic E-state index is 0.181. The van der Waals surface area contributed by atoms with Crippen LogP contribution < -0.4 is 0 Å². The van der Waals surface area contributed by atoms with E-state index >= 15 is 0 Å². The van der Waals surface area contributed by atoms with E-state index in [-0.39, 0.29) is 11.3 Å². The van der Waals surface area contributed by atoms with Crippen molar-refractivity contribution in [3.8, 4) is 0 Å². The van der Waals surface area contributed by atoms with Gasteiger partial charge in [-0.1, -0.05) is 0 Å². The molecule has 1 unspecified atom stereocenters. The van der Waals surface area contributed by atoms with Gasteiger partial charge in [0.2, 0.25) is 0 Å². The molecule has 0 bridgehead atoms. The summed E-state index contributed by atoms with van der Waals surface area (Å²) in [6, 6.07) is 0. The van der Waals surface area contributed by atoms with E-state index < -0.39 is 12.3 Å². The summed E-state index contributed by atoms with van der Waals surface area (Å²) in [5.74, 6) is 0. The molecule has 6 heteroatoms. The van der Waals surface area contributed by atoms with Gasteiger partial charge in [-0.2, -0.15) is 18.3 Å². The van der Waals surface area contributed by atoms with Crippen LogP contribution >= 0.6 is 0 Å². The first-order chi connectivity index (χ1) is 6.36. The van der Waals surface area contributed by atoms with E-state index in [4.69, 9.17) is 5.11 Å². The molecule has 1 aromatic rings. The number of rotatable bonds is 2. The highest BCUT2D eigenvalue weighted by molar-refractivity contribution is 5.19. The van der Waals surface area contributed by atoms with Crippen LogP contribution in [0, 0.1) is 6.92 Å². The molecule has 0 saturated carbocycles. The molecule has 1 heterocycles. The summed E-state index contributed by atoms with van der Waals surface area (Å²) >= 11 is 0. The SMILES string of the molecule is CCn1cc(C(O)C(F)(F)F)c(C)n1. The van der Waals surface area contributed by atoms with Crippen LogP contribution in [-0.4, -0.2) is 21.1 Å². The normalized spacial score (nSPS) is 14.4. The zero-order chi connectivity index (χ0) is 10.9. The quantitative estimate of drug-likeness (QED) is 0.804. The fourth-order valence-corrected chi connectivity index (χ4v) is 1.14. The number of hydrogen-bond donors (Lipinski definition) is 1. The van der Waals surface area contributed by atoms with E-state index in [9.17, 15) is 13.2 Å². The minimum Gasteiger partial charge on any atom is -0.379 e. The Hall–Kier alpha value is -1.04. The molecule has 1 atom stereocenters. The van der Waals surface area contributed by atoms with Crippen molar-refractivity contribution < 1.29 is 18.3 Å². The lowest BCUT2D eigenvalue weighted by Gasteiger charge is -2.13. The highest BCUT2D eigenvalue weighted by Gasteiger charge is 2.41. The van der Waals surface area contributed by atoms with Crippen molar-refractivity contribution in [2.24, 2.45) is 0 Å². The zero-order valence-corrected chi connectivity index (χ0v) is 7.84. The molecule has 1 N–H and O–H groups in total. The number of nitrogens with zero attached hydrogens (tertiary/aromatic N) is 2. The van der Waals surface area contributed by atoms with Crippen LogP contribution in [-0.2, 0) is 6.54 Å². The Morgan fingerprint density at radius 3 is 2.50 bits per heavy atom. The minimum atomic E-state index is -4.63. The summed E-state index contributed by atoms with van der Waals surface area (Å²) in [6.45, 7) is 3.68. The first kappa shape index (κ1) is 11.0. The van der Waals surface area contributed by atoms with Gasteiger partial charge in [0.05, 0.1) is 5.69 Å². The van der Waals surface area contributed by atoms with E-state index in [1.54, 1.807) is 6.92 Å². The summed E-state index contributed by atoms with van der Waals surface area (Å²) in [5, 5.41) is 12.8. The monoisotopic (exact) mass is 208 g/mol. The zero-order valence-electron chi connectivity index (χ0n) is 7.84. The second-order valence-corrected chi connectivity index (χ2v) is 2.97. The third-order valence-corrected chi connectivity index (χ3v) is 1.91. The van der Waals surface area contributed by atoms with Gasteiger partial charge in [-0.15, -0.1) is 0 Å². The van der Waals surface area contributed by atoms with Crippen LogP contribution in [0.2, 0.25) is 0 Å². The number of aryl methyl sites for hydroxylation is 2. The van der Waals surface area contributed by atoms with Gasteiger partial charge in [0.25, 0.3) is 0 Å². The molecule has 0 aromatic carbocycles. The van der Waals surface area contributed by atoms with E-state index in [1.165, 1.54) is 17.8 Å². The van der Waals surface area contributed by atoms with Crippen molar-refractivity contribution in [3.05, 3.63) is 17.5 Å². The second-order valence-electron chi connectivity index (χ2n) is 2.97. The molecule has 0 aliphatic rings. The Kier molecular flexibility index (Phi) is 2.84.